The molecule has 0 saturated carbocycles. The molecule has 0 bridgehead atoms. The number of furan rings is 1. The van der Waals surface area contributed by atoms with Crippen LogP contribution in [0.1, 0.15) is 5.56 Å². The van der Waals surface area contributed by atoms with Gasteiger partial charge in [-0.2, -0.15) is 5.26 Å². The molecule has 8 aromatic carbocycles. The van der Waals surface area contributed by atoms with E-state index in [1.807, 2.05) is 84.9 Å². The van der Waals surface area contributed by atoms with Crippen molar-refractivity contribution in [1.82, 2.24) is 24.1 Å². The molecular weight excluding hydrogens is 725 g/mol. The van der Waals surface area contributed by atoms with Gasteiger partial charge >= 0.3 is 0 Å². The highest BCUT2D eigenvalue weighted by molar-refractivity contribution is 6.26. The number of hydrogen-bond donors (Lipinski definition) is 0. The molecule has 59 heavy (non-hydrogen) atoms. The SMILES string of the molecule is N#Cc1cc(-c2nc(-c3ccccc3)nc(-c3ccc4oc5ccccc5c4c3)n2)ccc1-n1c2ccccc2c2ccc3c(c4ccccc4n3-c3ccccc3)c21. The largest absolute Gasteiger partial charge is 0.456 e. The van der Waals surface area contributed by atoms with E-state index < -0.39 is 0 Å². The van der Waals surface area contributed by atoms with Crippen molar-refractivity contribution < 1.29 is 4.42 Å². The van der Waals surface area contributed by atoms with Crippen LogP contribution in [-0.2, 0) is 0 Å². The Morgan fingerprint density at radius 3 is 1.78 bits per heavy atom. The van der Waals surface area contributed by atoms with Crippen molar-refractivity contribution in [3.05, 3.63) is 188 Å². The molecule has 0 unspecified atom stereocenters. The van der Waals surface area contributed by atoms with E-state index in [0.29, 0.717) is 28.6 Å². The fourth-order valence-electron chi connectivity index (χ4n) is 8.79. The zero-order chi connectivity index (χ0) is 39.0. The average molecular weight is 755 g/mol. The summed E-state index contributed by atoms with van der Waals surface area (Å²) in [5, 5.41) is 17.5. The summed E-state index contributed by atoms with van der Waals surface area (Å²) in [6.07, 6.45) is 0. The second-order valence-electron chi connectivity index (χ2n) is 14.7. The molecular formula is C52H30N6O. The molecule has 0 radical (unpaired) electrons. The Hall–Kier alpha value is -8.34. The van der Waals surface area contributed by atoms with Crippen LogP contribution in [0.2, 0.25) is 0 Å². The third-order valence-corrected chi connectivity index (χ3v) is 11.4. The van der Waals surface area contributed by atoms with E-state index in [4.69, 9.17) is 19.4 Å². The molecule has 12 aromatic rings. The molecule has 0 aliphatic rings. The van der Waals surface area contributed by atoms with Crippen LogP contribution in [0.15, 0.2) is 186 Å². The first kappa shape index (κ1) is 32.9. The van der Waals surface area contributed by atoms with Crippen LogP contribution < -0.4 is 0 Å². The lowest BCUT2D eigenvalue weighted by Crippen LogP contribution is -2.02. The van der Waals surface area contributed by atoms with Crippen LogP contribution in [0, 0.1) is 11.3 Å². The summed E-state index contributed by atoms with van der Waals surface area (Å²) in [7, 11) is 0. The number of benzene rings is 8. The molecule has 7 heteroatoms. The first-order chi connectivity index (χ1) is 29.2. The third-order valence-electron chi connectivity index (χ3n) is 11.4. The fourth-order valence-corrected chi connectivity index (χ4v) is 8.79. The number of rotatable bonds is 5. The van der Waals surface area contributed by atoms with Gasteiger partial charge < -0.3 is 13.6 Å². The Labute approximate surface area is 337 Å². The minimum Gasteiger partial charge on any atom is -0.456 e. The van der Waals surface area contributed by atoms with Crippen LogP contribution in [0.25, 0.3) is 111 Å². The molecule has 0 aliphatic carbocycles. The van der Waals surface area contributed by atoms with Gasteiger partial charge in [0.1, 0.15) is 17.2 Å². The molecule has 274 valence electrons. The number of aromatic nitrogens is 5. The van der Waals surface area contributed by atoms with Gasteiger partial charge in [0.15, 0.2) is 17.5 Å². The number of nitrogens with zero attached hydrogens (tertiary/aromatic N) is 6. The highest BCUT2D eigenvalue weighted by atomic mass is 16.3. The summed E-state index contributed by atoms with van der Waals surface area (Å²) in [4.78, 5) is 15.1. The number of fused-ring (bicyclic) bond motifs is 10. The van der Waals surface area contributed by atoms with Crippen LogP contribution in [0.4, 0.5) is 0 Å². The van der Waals surface area contributed by atoms with Gasteiger partial charge in [-0.05, 0) is 72.8 Å². The first-order valence-electron chi connectivity index (χ1n) is 19.5. The van der Waals surface area contributed by atoms with Crippen LogP contribution in [0.5, 0.6) is 0 Å². The number of nitriles is 1. The van der Waals surface area contributed by atoms with Crippen molar-refractivity contribution in [1.29, 1.82) is 5.26 Å². The number of hydrogen-bond acceptors (Lipinski definition) is 5. The fraction of sp³-hybridized carbons (Fsp3) is 0. The lowest BCUT2D eigenvalue weighted by atomic mass is 10.1. The Bertz CT molecular complexity index is 3680. The van der Waals surface area contributed by atoms with E-state index in [2.05, 4.69) is 112 Å². The van der Waals surface area contributed by atoms with Crippen LogP contribution in [0.3, 0.4) is 0 Å². The van der Waals surface area contributed by atoms with Gasteiger partial charge in [0.05, 0.1) is 33.3 Å². The molecule has 0 N–H and O–H groups in total. The second-order valence-corrected chi connectivity index (χ2v) is 14.7. The molecule has 4 heterocycles. The zero-order valence-electron chi connectivity index (χ0n) is 31.4. The van der Waals surface area contributed by atoms with Gasteiger partial charge in [-0.15, -0.1) is 0 Å². The van der Waals surface area contributed by atoms with Gasteiger partial charge in [0.25, 0.3) is 0 Å². The molecule has 4 aromatic heterocycles. The first-order valence-corrected chi connectivity index (χ1v) is 19.5. The van der Waals surface area contributed by atoms with Gasteiger partial charge in [-0.3, -0.25) is 0 Å². The lowest BCUT2D eigenvalue weighted by molar-refractivity contribution is 0.669. The lowest BCUT2D eigenvalue weighted by Gasteiger charge is -2.13. The number of para-hydroxylation sites is 4. The predicted octanol–water partition coefficient (Wildman–Crippen LogP) is 12.8. The van der Waals surface area contributed by atoms with E-state index in [1.165, 1.54) is 0 Å². The maximum Gasteiger partial charge on any atom is 0.164 e. The topological polar surface area (TPSA) is 85.5 Å². The zero-order valence-corrected chi connectivity index (χ0v) is 31.4. The van der Waals surface area contributed by atoms with Crippen LogP contribution in [-0.4, -0.2) is 24.1 Å². The molecule has 12 rings (SSSR count). The summed E-state index contributed by atoms with van der Waals surface area (Å²) in [6, 6.07) is 64.4. The average Bonchev–Trinajstić information content (AvgIpc) is 3.96. The molecule has 0 atom stereocenters. The van der Waals surface area contributed by atoms with E-state index in [9.17, 15) is 5.26 Å². The van der Waals surface area contributed by atoms with Crippen molar-refractivity contribution in [2.75, 3.05) is 0 Å². The maximum atomic E-state index is 11.0. The standard InChI is InChI=1S/C52H30N6O/c53-31-35-29-33(51-54-50(32-13-3-1-4-14-32)55-52(56-51)34-24-28-47-41(30-34)38-18-9-12-22-46(38)59-47)23-26-42(35)58-43-20-10-7-17-37(43)39-25-27-45-48(49(39)58)40-19-8-11-21-44(40)57(45)36-15-5-2-6-16-36/h1-30H. The smallest absolute Gasteiger partial charge is 0.164 e. The Balaban J connectivity index is 1.08. The quantitative estimate of drug-likeness (QED) is 0.175. The predicted molar refractivity (Wildman–Crippen MR) is 237 cm³/mol. The molecule has 0 fully saturated rings. The van der Waals surface area contributed by atoms with E-state index in [0.717, 1.165) is 88.1 Å². The van der Waals surface area contributed by atoms with Crippen molar-refractivity contribution >= 4 is 65.6 Å². The Morgan fingerprint density at radius 1 is 0.424 bits per heavy atom. The Morgan fingerprint density at radius 2 is 1.02 bits per heavy atom. The monoisotopic (exact) mass is 754 g/mol. The maximum absolute atomic E-state index is 11.0. The summed E-state index contributed by atoms with van der Waals surface area (Å²) in [6.45, 7) is 0. The van der Waals surface area contributed by atoms with Crippen molar-refractivity contribution in [3.63, 3.8) is 0 Å². The van der Waals surface area contributed by atoms with Crippen molar-refractivity contribution in [3.8, 4) is 51.6 Å². The van der Waals surface area contributed by atoms with Crippen molar-refractivity contribution in [2.24, 2.45) is 0 Å². The van der Waals surface area contributed by atoms with Gasteiger partial charge in [0, 0.05) is 54.7 Å². The normalized spacial score (nSPS) is 11.7. The van der Waals surface area contributed by atoms with E-state index in [-0.39, 0.29) is 0 Å². The van der Waals surface area contributed by atoms with Gasteiger partial charge in [-0.25, -0.2) is 15.0 Å². The Kier molecular flexibility index (Phi) is 7.16. The molecule has 0 amide bonds. The molecule has 0 saturated heterocycles. The summed E-state index contributed by atoms with van der Waals surface area (Å²) < 4.78 is 10.7. The highest BCUT2D eigenvalue weighted by Crippen LogP contribution is 2.43. The second kappa shape index (κ2) is 12.8. The van der Waals surface area contributed by atoms with Gasteiger partial charge in [0.2, 0.25) is 0 Å². The summed E-state index contributed by atoms with van der Waals surface area (Å²) in [5.74, 6) is 1.55. The van der Waals surface area contributed by atoms with Gasteiger partial charge in [-0.1, -0.05) is 109 Å². The molecule has 0 aliphatic heterocycles. The third kappa shape index (κ3) is 5.04. The highest BCUT2D eigenvalue weighted by Gasteiger charge is 2.23. The molecule has 0 spiro atoms. The minimum absolute atomic E-state index is 0.476. The molecule has 7 nitrogen and oxygen atoms in total. The van der Waals surface area contributed by atoms with E-state index >= 15 is 0 Å². The van der Waals surface area contributed by atoms with Crippen LogP contribution >= 0.6 is 0 Å². The minimum atomic E-state index is 0.476. The summed E-state index contributed by atoms with van der Waals surface area (Å²) >= 11 is 0. The summed E-state index contributed by atoms with van der Waals surface area (Å²) in [5.41, 5.74) is 10.7. The van der Waals surface area contributed by atoms with E-state index in [1.54, 1.807) is 0 Å². The van der Waals surface area contributed by atoms with Crippen molar-refractivity contribution in [2.45, 2.75) is 0 Å².